The van der Waals surface area contributed by atoms with Gasteiger partial charge in [0.2, 0.25) is 10.0 Å². The fraction of sp³-hybridized carbons (Fsp3) is 1.00. The summed E-state index contributed by atoms with van der Waals surface area (Å²) >= 11 is 0. The smallest absolute Gasteiger partial charge is 0.209 e. The predicted molar refractivity (Wildman–Crippen MR) is 58.5 cm³/mol. The summed E-state index contributed by atoms with van der Waals surface area (Å²) in [4.78, 5) is 0. The highest BCUT2D eigenvalue weighted by molar-refractivity contribution is 7.91. The summed E-state index contributed by atoms with van der Waals surface area (Å²) in [5.74, 6) is 0.388. The first-order valence-electron chi connectivity index (χ1n) is 4.90. The quantitative estimate of drug-likeness (QED) is 0.751. The highest BCUT2D eigenvalue weighted by atomic mass is 32.2. The van der Waals surface area contributed by atoms with Gasteiger partial charge in [-0.2, -0.15) is 0 Å². The van der Waals surface area contributed by atoms with Crippen LogP contribution in [0.5, 0.6) is 0 Å². The van der Waals surface area contributed by atoms with Crippen molar-refractivity contribution in [2.75, 3.05) is 17.3 Å². The van der Waals surface area contributed by atoms with E-state index in [-0.39, 0.29) is 29.1 Å². The summed E-state index contributed by atoms with van der Waals surface area (Å²) in [6.45, 7) is 1.81. The molecule has 15 heavy (non-hydrogen) atoms. The van der Waals surface area contributed by atoms with Gasteiger partial charge in [-0.05, 0) is 24.7 Å². The van der Waals surface area contributed by atoms with Gasteiger partial charge in [0.25, 0.3) is 0 Å². The summed E-state index contributed by atoms with van der Waals surface area (Å²) in [5.41, 5.74) is 0. The first kappa shape index (κ1) is 12.9. The third-order valence-electron chi connectivity index (χ3n) is 2.90. The number of hydrogen-bond donors (Lipinski definition) is 1. The molecule has 1 aliphatic heterocycles. The van der Waals surface area contributed by atoms with E-state index in [1.165, 1.54) is 0 Å². The number of nitrogens with two attached hydrogens (primary N) is 1. The van der Waals surface area contributed by atoms with Crippen molar-refractivity contribution in [3.8, 4) is 0 Å². The average molecular weight is 255 g/mol. The normalized spacial score (nSPS) is 24.9. The van der Waals surface area contributed by atoms with Crippen molar-refractivity contribution in [3.63, 3.8) is 0 Å². The third kappa shape index (κ3) is 4.48. The van der Waals surface area contributed by atoms with Crippen LogP contribution >= 0.6 is 0 Å². The Labute approximate surface area is 91.0 Å². The molecule has 0 bridgehead atoms. The minimum absolute atomic E-state index is 0.0578. The second-order valence-electron chi connectivity index (χ2n) is 4.30. The maximum Gasteiger partial charge on any atom is 0.209 e. The van der Waals surface area contributed by atoms with E-state index < -0.39 is 19.9 Å². The lowest BCUT2D eigenvalue weighted by molar-refractivity contribution is 0.352. The minimum Gasteiger partial charge on any atom is -0.229 e. The maximum atomic E-state index is 11.2. The minimum atomic E-state index is -3.45. The molecule has 0 aromatic carbocycles. The molecular formula is C8H17NO4S2. The van der Waals surface area contributed by atoms with E-state index in [0.717, 1.165) is 0 Å². The summed E-state index contributed by atoms with van der Waals surface area (Å²) in [6, 6.07) is 0. The molecule has 1 fully saturated rings. The van der Waals surface area contributed by atoms with Crippen molar-refractivity contribution in [1.29, 1.82) is 0 Å². The Morgan fingerprint density at radius 1 is 1.33 bits per heavy atom. The van der Waals surface area contributed by atoms with Crippen molar-refractivity contribution >= 4 is 19.9 Å². The Bertz CT molecular complexity index is 398. The van der Waals surface area contributed by atoms with Gasteiger partial charge in [-0.3, -0.25) is 0 Å². The molecule has 2 N–H and O–H groups in total. The number of sulfone groups is 1. The van der Waals surface area contributed by atoms with Gasteiger partial charge < -0.3 is 0 Å². The van der Waals surface area contributed by atoms with Crippen LogP contribution in [-0.2, 0) is 19.9 Å². The average Bonchev–Trinajstić information content (AvgIpc) is 2.00. The van der Waals surface area contributed by atoms with Crippen LogP contribution in [0.3, 0.4) is 0 Å². The molecule has 0 aromatic rings. The SMILES string of the molecule is CC(CS(N)(=O)=O)C1CCS(=O)(=O)CC1. The molecule has 0 amide bonds. The number of hydrogen-bond acceptors (Lipinski definition) is 4. The molecule has 5 nitrogen and oxygen atoms in total. The van der Waals surface area contributed by atoms with E-state index in [1.807, 2.05) is 6.92 Å². The van der Waals surface area contributed by atoms with Crippen molar-refractivity contribution in [3.05, 3.63) is 0 Å². The van der Waals surface area contributed by atoms with Gasteiger partial charge in [0.05, 0.1) is 17.3 Å². The third-order valence-corrected chi connectivity index (χ3v) is 5.61. The van der Waals surface area contributed by atoms with Crippen LogP contribution in [-0.4, -0.2) is 34.1 Å². The molecule has 1 heterocycles. The van der Waals surface area contributed by atoms with Gasteiger partial charge in [0.1, 0.15) is 9.84 Å². The van der Waals surface area contributed by atoms with Crippen LogP contribution in [0.15, 0.2) is 0 Å². The summed E-state index contributed by atoms with van der Waals surface area (Å²) in [5, 5.41) is 4.95. The van der Waals surface area contributed by atoms with E-state index in [0.29, 0.717) is 12.8 Å². The highest BCUT2D eigenvalue weighted by Crippen LogP contribution is 2.26. The maximum absolute atomic E-state index is 11.2. The zero-order valence-corrected chi connectivity index (χ0v) is 10.4. The van der Waals surface area contributed by atoms with Gasteiger partial charge in [0, 0.05) is 0 Å². The van der Waals surface area contributed by atoms with Crippen LogP contribution < -0.4 is 5.14 Å². The van der Waals surface area contributed by atoms with E-state index in [4.69, 9.17) is 5.14 Å². The molecule has 1 atom stereocenters. The van der Waals surface area contributed by atoms with Gasteiger partial charge in [-0.25, -0.2) is 22.0 Å². The van der Waals surface area contributed by atoms with Crippen LogP contribution in [0.25, 0.3) is 0 Å². The molecule has 0 aromatic heterocycles. The predicted octanol–water partition coefficient (Wildman–Crippen LogP) is -0.264. The Kier molecular flexibility index (Phi) is 3.78. The number of sulfonamides is 1. The molecule has 1 unspecified atom stereocenters. The number of primary sulfonamides is 1. The monoisotopic (exact) mass is 255 g/mol. The fourth-order valence-electron chi connectivity index (χ4n) is 1.98. The second-order valence-corrected chi connectivity index (χ2v) is 8.26. The number of rotatable bonds is 3. The lowest BCUT2D eigenvalue weighted by Gasteiger charge is -2.26. The van der Waals surface area contributed by atoms with Crippen LogP contribution in [0, 0.1) is 11.8 Å². The molecular weight excluding hydrogens is 238 g/mol. The summed E-state index contributed by atoms with van der Waals surface area (Å²) in [6.07, 6.45) is 1.11. The highest BCUT2D eigenvalue weighted by Gasteiger charge is 2.28. The first-order chi connectivity index (χ1) is 6.70. The fourth-order valence-corrected chi connectivity index (χ4v) is 4.51. The van der Waals surface area contributed by atoms with Gasteiger partial charge >= 0.3 is 0 Å². The van der Waals surface area contributed by atoms with Crippen molar-refractivity contribution < 1.29 is 16.8 Å². The molecule has 0 spiro atoms. The van der Waals surface area contributed by atoms with Crippen molar-refractivity contribution in [2.24, 2.45) is 17.0 Å². The standard InChI is InChI=1S/C8H17NO4S2/c1-7(6-15(9,12)13)8-2-4-14(10,11)5-3-8/h7-8H,2-6H2,1H3,(H2,9,12,13). The summed E-state index contributed by atoms with van der Waals surface area (Å²) < 4.78 is 44.1. The Balaban J connectivity index is 2.54. The topological polar surface area (TPSA) is 94.3 Å². The molecule has 0 aliphatic carbocycles. The summed E-state index contributed by atoms with van der Waals surface area (Å²) in [7, 11) is -6.32. The molecule has 1 saturated heterocycles. The van der Waals surface area contributed by atoms with Crippen LogP contribution in [0.2, 0.25) is 0 Å². The molecule has 1 aliphatic rings. The lowest BCUT2D eigenvalue weighted by atomic mass is 9.90. The van der Waals surface area contributed by atoms with E-state index in [9.17, 15) is 16.8 Å². The van der Waals surface area contributed by atoms with Crippen molar-refractivity contribution in [2.45, 2.75) is 19.8 Å². The van der Waals surface area contributed by atoms with Crippen LogP contribution in [0.4, 0.5) is 0 Å². The molecule has 1 rings (SSSR count). The molecule has 7 heteroatoms. The van der Waals surface area contributed by atoms with Gasteiger partial charge in [0.15, 0.2) is 0 Å². The lowest BCUT2D eigenvalue weighted by Crippen LogP contribution is -2.32. The van der Waals surface area contributed by atoms with E-state index in [1.54, 1.807) is 0 Å². The zero-order valence-electron chi connectivity index (χ0n) is 8.72. The van der Waals surface area contributed by atoms with E-state index in [2.05, 4.69) is 0 Å². The second kappa shape index (κ2) is 4.39. The van der Waals surface area contributed by atoms with Gasteiger partial charge in [-0.1, -0.05) is 6.92 Å². The zero-order chi connectivity index (χ0) is 11.7. The van der Waals surface area contributed by atoms with Crippen molar-refractivity contribution in [1.82, 2.24) is 0 Å². The van der Waals surface area contributed by atoms with Gasteiger partial charge in [-0.15, -0.1) is 0 Å². The molecule has 90 valence electrons. The Morgan fingerprint density at radius 3 is 2.20 bits per heavy atom. The Hall–Kier alpha value is -0.140. The van der Waals surface area contributed by atoms with Crippen LogP contribution in [0.1, 0.15) is 19.8 Å². The molecule has 0 saturated carbocycles. The Morgan fingerprint density at radius 2 is 1.80 bits per heavy atom. The largest absolute Gasteiger partial charge is 0.229 e. The first-order valence-corrected chi connectivity index (χ1v) is 8.44. The van der Waals surface area contributed by atoms with E-state index >= 15 is 0 Å². The molecule has 0 radical (unpaired) electrons.